The van der Waals surface area contributed by atoms with Crippen molar-refractivity contribution >= 4 is 11.8 Å². The van der Waals surface area contributed by atoms with Gasteiger partial charge in [0.25, 0.3) is 5.91 Å². The van der Waals surface area contributed by atoms with Crippen LogP contribution in [0.25, 0.3) is 0 Å². The lowest BCUT2D eigenvalue weighted by molar-refractivity contribution is -0.153. The standard InChI is InChI=1S/C19H23N3O3/c23-17-15-5-1-2-6-16(15)25-10-4-3-8-19(12-20-13-19)18(24)22-9-7-14(22)11-21-17/h1-6,14,20H,7-13H2,(H,21,23)/b4-3+. The molecule has 0 saturated carbocycles. The number of ether oxygens (including phenoxy) is 1. The van der Waals surface area contributed by atoms with Gasteiger partial charge in [-0.25, -0.2) is 0 Å². The highest BCUT2D eigenvalue weighted by molar-refractivity contribution is 5.97. The summed E-state index contributed by atoms with van der Waals surface area (Å²) in [6.45, 7) is 3.09. The molecular weight excluding hydrogens is 318 g/mol. The van der Waals surface area contributed by atoms with Gasteiger partial charge in [0.05, 0.1) is 17.0 Å². The fraction of sp³-hybridized carbons (Fsp3) is 0.474. The zero-order chi connectivity index (χ0) is 17.3. The molecule has 0 aromatic heterocycles. The average Bonchev–Trinajstić information content (AvgIpc) is 2.55. The van der Waals surface area contributed by atoms with Crippen molar-refractivity contribution in [3.05, 3.63) is 42.0 Å². The molecule has 1 aromatic rings. The number of para-hydroxylation sites is 1. The van der Waals surface area contributed by atoms with Crippen molar-refractivity contribution in [2.45, 2.75) is 18.9 Å². The molecule has 2 saturated heterocycles. The number of benzene rings is 1. The summed E-state index contributed by atoms with van der Waals surface area (Å²) in [4.78, 5) is 27.4. The zero-order valence-electron chi connectivity index (χ0n) is 14.2. The highest BCUT2D eigenvalue weighted by Gasteiger charge is 2.48. The minimum Gasteiger partial charge on any atom is -0.489 e. The Bertz CT molecular complexity index is 712. The number of hydrogen-bond donors (Lipinski definition) is 2. The lowest BCUT2D eigenvalue weighted by atomic mass is 9.76. The van der Waals surface area contributed by atoms with Gasteiger partial charge in [0.2, 0.25) is 5.91 Å². The molecule has 3 heterocycles. The Morgan fingerprint density at radius 1 is 1.16 bits per heavy atom. The Kier molecular flexibility index (Phi) is 4.21. The molecule has 1 atom stereocenters. The smallest absolute Gasteiger partial charge is 0.255 e. The van der Waals surface area contributed by atoms with E-state index in [0.717, 1.165) is 32.5 Å². The summed E-state index contributed by atoms with van der Waals surface area (Å²) in [5.41, 5.74) is 0.200. The van der Waals surface area contributed by atoms with Gasteiger partial charge in [0.15, 0.2) is 0 Å². The van der Waals surface area contributed by atoms with Crippen LogP contribution in [0.5, 0.6) is 5.75 Å². The Labute approximate surface area is 147 Å². The number of hydrogen-bond acceptors (Lipinski definition) is 4. The van der Waals surface area contributed by atoms with E-state index in [4.69, 9.17) is 4.74 Å². The molecule has 3 aliphatic rings. The van der Waals surface area contributed by atoms with Crippen LogP contribution in [0.4, 0.5) is 0 Å². The number of carbonyl (C=O) groups is 2. The van der Waals surface area contributed by atoms with Crippen molar-refractivity contribution in [3.8, 4) is 5.75 Å². The molecule has 2 fully saturated rings. The van der Waals surface area contributed by atoms with Crippen LogP contribution < -0.4 is 15.4 Å². The predicted molar refractivity (Wildman–Crippen MR) is 93.4 cm³/mol. The van der Waals surface area contributed by atoms with Gasteiger partial charge in [0.1, 0.15) is 12.4 Å². The summed E-state index contributed by atoms with van der Waals surface area (Å²) >= 11 is 0. The Morgan fingerprint density at radius 3 is 2.72 bits per heavy atom. The number of fused-ring (bicyclic) bond motifs is 2. The van der Waals surface area contributed by atoms with Crippen LogP contribution in [0, 0.1) is 5.41 Å². The zero-order valence-corrected chi connectivity index (χ0v) is 14.2. The topological polar surface area (TPSA) is 70.7 Å². The number of amides is 2. The molecule has 0 bridgehead atoms. The molecule has 1 spiro atoms. The van der Waals surface area contributed by atoms with E-state index in [1.54, 1.807) is 6.07 Å². The van der Waals surface area contributed by atoms with Crippen molar-refractivity contribution in [2.75, 3.05) is 32.8 Å². The van der Waals surface area contributed by atoms with E-state index >= 15 is 0 Å². The minimum absolute atomic E-state index is 0.0916. The first kappa shape index (κ1) is 16.1. The third-order valence-electron chi connectivity index (χ3n) is 5.43. The van der Waals surface area contributed by atoms with Crippen molar-refractivity contribution in [3.63, 3.8) is 0 Å². The summed E-state index contributed by atoms with van der Waals surface area (Å²) in [5, 5.41) is 6.20. The van der Waals surface area contributed by atoms with Gasteiger partial charge >= 0.3 is 0 Å². The van der Waals surface area contributed by atoms with Gasteiger partial charge in [-0.2, -0.15) is 0 Å². The molecule has 132 valence electrons. The maximum absolute atomic E-state index is 13.0. The van der Waals surface area contributed by atoms with E-state index in [1.165, 1.54) is 0 Å². The minimum atomic E-state index is -0.332. The first-order chi connectivity index (χ1) is 12.2. The fourth-order valence-corrected chi connectivity index (χ4v) is 3.64. The Hall–Kier alpha value is -2.34. The number of rotatable bonds is 0. The summed E-state index contributed by atoms with van der Waals surface area (Å²) in [5.74, 6) is 0.638. The van der Waals surface area contributed by atoms with Crippen LogP contribution >= 0.6 is 0 Å². The van der Waals surface area contributed by atoms with Gasteiger partial charge in [-0.05, 0) is 25.0 Å². The van der Waals surface area contributed by atoms with E-state index in [0.29, 0.717) is 24.5 Å². The van der Waals surface area contributed by atoms with Gasteiger partial charge in [-0.15, -0.1) is 0 Å². The second-order valence-electron chi connectivity index (χ2n) is 7.02. The second-order valence-corrected chi connectivity index (χ2v) is 7.02. The third-order valence-corrected chi connectivity index (χ3v) is 5.43. The van der Waals surface area contributed by atoms with Gasteiger partial charge in [0, 0.05) is 26.2 Å². The van der Waals surface area contributed by atoms with Crippen LogP contribution in [0.1, 0.15) is 23.2 Å². The third kappa shape index (κ3) is 2.91. The van der Waals surface area contributed by atoms with Gasteiger partial charge in [-0.3, -0.25) is 9.59 Å². The van der Waals surface area contributed by atoms with Crippen molar-refractivity contribution in [1.82, 2.24) is 15.5 Å². The molecule has 6 nitrogen and oxygen atoms in total. The molecule has 1 unspecified atom stereocenters. The molecule has 0 aliphatic carbocycles. The first-order valence-corrected chi connectivity index (χ1v) is 8.86. The molecule has 25 heavy (non-hydrogen) atoms. The normalized spacial score (nSPS) is 26.9. The lowest BCUT2D eigenvalue weighted by Gasteiger charge is -2.50. The second kappa shape index (κ2) is 6.52. The SMILES string of the molecule is O=C1NCC2CCN2C(=O)C2(C/C=C/COc3ccccc31)CNC2. The molecule has 4 rings (SSSR count). The highest BCUT2D eigenvalue weighted by atomic mass is 16.5. The molecule has 0 radical (unpaired) electrons. The van der Waals surface area contributed by atoms with E-state index in [1.807, 2.05) is 35.3 Å². The van der Waals surface area contributed by atoms with Crippen molar-refractivity contribution in [2.24, 2.45) is 5.41 Å². The van der Waals surface area contributed by atoms with E-state index in [9.17, 15) is 9.59 Å². The molecule has 2 amide bonds. The summed E-state index contributed by atoms with van der Waals surface area (Å²) in [6, 6.07) is 7.35. The average molecular weight is 341 g/mol. The monoisotopic (exact) mass is 341 g/mol. The molecular formula is C19H23N3O3. The maximum atomic E-state index is 13.0. The summed E-state index contributed by atoms with van der Waals surface area (Å²) in [6.07, 6.45) is 5.62. The van der Waals surface area contributed by atoms with Crippen LogP contribution in [0.15, 0.2) is 36.4 Å². The molecule has 3 aliphatic heterocycles. The van der Waals surface area contributed by atoms with Crippen molar-refractivity contribution < 1.29 is 14.3 Å². The quantitative estimate of drug-likeness (QED) is 0.689. The first-order valence-electron chi connectivity index (χ1n) is 8.86. The van der Waals surface area contributed by atoms with Crippen molar-refractivity contribution in [1.29, 1.82) is 0 Å². The van der Waals surface area contributed by atoms with Gasteiger partial charge < -0.3 is 20.3 Å². The molecule has 1 aromatic carbocycles. The number of carbonyl (C=O) groups excluding carboxylic acids is 2. The van der Waals surface area contributed by atoms with E-state index in [-0.39, 0.29) is 23.3 Å². The van der Waals surface area contributed by atoms with E-state index in [2.05, 4.69) is 10.6 Å². The fourth-order valence-electron chi connectivity index (χ4n) is 3.64. The number of nitrogens with zero attached hydrogens (tertiary/aromatic N) is 1. The largest absolute Gasteiger partial charge is 0.489 e. The summed E-state index contributed by atoms with van der Waals surface area (Å²) in [7, 11) is 0. The van der Waals surface area contributed by atoms with Gasteiger partial charge in [-0.1, -0.05) is 24.3 Å². The number of allylic oxidation sites excluding steroid dienone is 1. The molecule has 2 N–H and O–H groups in total. The molecule has 6 heteroatoms. The Morgan fingerprint density at radius 2 is 2.00 bits per heavy atom. The van der Waals surface area contributed by atoms with Crippen LogP contribution in [-0.4, -0.2) is 55.5 Å². The maximum Gasteiger partial charge on any atom is 0.255 e. The van der Waals surface area contributed by atoms with E-state index < -0.39 is 0 Å². The predicted octanol–water partition coefficient (Wildman–Crippen LogP) is 0.946. The number of nitrogens with one attached hydrogen (secondary N) is 2. The van der Waals surface area contributed by atoms with Crippen LogP contribution in [0.3, 0.4) is 0 Å². The highest BCUT2D eigenvalue weighted by Crippen LogP contribution is 2.34. The lowest BCUT2D eigenvalue weighted by Crippen LogP contribution is -2.67. The van der Waals surface area contributed by atoms with Crippen LogP contribution in [0.2, 0.25) is 0 Å². The van der Waals surface area contributed by atoms with Crippen LogP contribution in [-0.2, 0) is 4.79 Å². The Balaban J connectivity index is 1.58. The summed E-state index contributed by atoms with van der Waals surface area (Å²) < 4.78 is 5.75.